The molecule has 25 heavy (non-hydrogen) atoms. The highest BCUT2D eigenvalue weighted by atomic mass is 16.4. The minimum atomic E-state index is -0.916. The number of nitrogens with two attached hydrogens (primary N) is 1. The normalized spacial score (nSPS) is 34.1. The third-order valence-corrected chi connectivity index (χ3v) is 6.69. The predicted molar refractivity (Wildman–Crippen MR) is 95.5 cm³/mol. The van der Waals surface area contributed by atoms with Crippen LogP contribution in [0, 0.1) is 23.2 Å². The Morgan fingerprint density at radius 2 is 1.76 bits per heavy atom. The molecular formula is C19H33N3O3. The molecular weight excluding hydrogens is 318 g/mol. The zero-order chi connectivity index (χ0) is 18.0. The Morgan fingerprint density at radius 3 is 2.24 bits per heavy atom. The first-order valence-corrected chi connectivity index (χ1v) is 9.93. The summed E-state index contributed by atoms with van der Waals surface area (Å²) in [7, 11) is 0. The van der Waals surface area contributed by atoms with Crippen molar-refractivity contribution in [2.75, 3.05) is 13.1 Å². The molecule has 6 nitrogen and oxygen atoms in total. The van der Waals surface area contributed by atoms with Crippen molar-refractivity contribution in [1.29, 1.82) is 0 Å². The molecule has 142 valence electrons. The van der Waals surface area contributed by atoms with Gasteiger partial charge in [-0.2, -0.15) is 0 Å². The van der Waals surface area contributed by atoms with Crippen LogP contribution in [0.15, 0.2) is 0 Å². The summed E-state index contributed by atoms with van der Waals surface area (Å²) in [6.07, 6.45) is 9.71. The van der Waals surface area contributed by atoms with Crippen LogP contribution < -0.4 is 11.2 Å². The van der Waals surface area contributed by atoms with E-state index >= 15 is 0 Å². The zero-order valence-corrected chi connectivity index (χ0v) is 15.4. The van der Waals surface area contributed by atoms with E-state index in [2.05, 4.69) is 5.43 Å². The first-order valence-electron chi connectivity index (χ1n) is 9.93. The summed E-state index contributed by atoms with van der Waals surface area (Å²) in [5.41, 5.74) is 9.63. The smallest absolute Gasteiger partial charge is 0.303 e. The van der Waals surface area contributed by atoms with Gasteiger partial charge in [-0.15, -0.1) is 0 Å². The van der Waals surface area contributed by atoms with E-state index in [0.29, 0.717) is 12.0 Å². The average Bonchev–Trinajstić information content (AvgIpc) is 2.54. The van der Waals surface area contributed by atoms with Gasteiger partial charge in [-0.1, -0.05) is 0 Å². The third-order valence-electron chi connectivity index (χ3n) is 6.69. The summed E-state index contributed by atoms with van der Waals surface area (Å²) in [6, 6.07) is -0.747. The quantitative estimate of drug-likeness (QED) is 0.553. The Balaban J connectivity index is 1.47. The second-order valence-corrected chi connectivity index (χ2v) is 8.70. The number of carbonyl (C=O) groups excluding carboxylic acids is 1. The Morgan fingerprint density at radius 1 is 1.20 bits per heavy atom. The molecule has 0 unspecified atom stereocenters. The van der Waals surface area contributed by atoms with Crippen LogP contribution >= 0.6 is 0 Å². The van der Waals surface area contributed by atoms with Gasteiger partial charge in [0.05, 0.1) is 6.04 Å². The van der Waals surface area contributed by atoms with Crippen LogP contribution in [-0.2, 0) is 9.59 Å². The van der Waals surface area contributed by atoms with E-state index in [-0.39, 0.29) is 18.7 Å². The van der Waals surface area contributed by atoms with E-state index in [9.17, 15) is 9.59 Å². The topological polar surface area (TPSA) is 95.7 Å². The second-order valence-electron chi connectivity index (χ2n) is 8.70. The molecule has 0 radical (unpaired) electrons. The number of rotatable bonds is 9. The molecule has 0 heterocycles. The SMILES string of the molecule is CCN(NCCC12CC3CC(CC(C3)C1)C2)C(=O)[C@@H](N)CCC(=O)O. The highest BCUT2D eigenvalue weighted by Crippen LogP contribution is 2.61. The number of hydrogen-bond donors (Lipinski definition) is 3. The van der Waals surface area contributed by atoms with Crippen LogP contribution in [0.2, 0.25) is 0 Å². The molecule has 0 aromatic carbocycles. The van der Waals surface area contributed by atoms with Gasteiger partial charge >= 0.3 is 5.97 Å². The molecule has 6 heteroatoms. The minimum Gasteiger partial charge on any atom is -0.481 e. The molecule has 4 aliphatic rings. The van der Waals surface area contributed by atoms with E-state index < -0.39 is 12.0 Å². The lowest BCUT2D eigenvalue weighted by Gasteiger charge is -2.57. The zero-order valence-electron chi connectivity index (χ0n) is 15.4. The summed E-state index contributed by atoms with van der Waals surface area (Å²) in [6.45, 7) is 3.26. The van der Waals surface area contributed by atoms with E-state index in [1.165, 1.54) is 38.5 Å². The van der Waals surface area contributed by atoms with Gasteiger partial charge in [0.2, 0.25) is 0 Å². The van der Waals surface area contributed by atoms with Crippen molar-refractivity contribution in [3.8, 4) is 0 Å². The third kappa shape index (κ3) is 4.34. The molecule has 4 saturated carbocycles. The Hall–Kier alpha value is -1.14. The molecule has 4 N–H and O–H groups in total. The molecule has 0 aliphatic heterocycles. The summed E-state index contributed by atoms with van der Waals surface area (Å²) in [5, 5.41) is 10.3. The van der Waals surface area contributed by atoms with Gasteiger partial charge in [0.25, 0.3) is 5.91 Å². The Bertz CT molecular complexity index is 473. The number of nitrogens with zero attached hydrogens (tertiary/aromatic N) is 1. The van der Waals surface area contributed by atoms with Gasteiger partial charge in [-0.25, -0.2) is 5.43 Å². The number of hydrogen-bond acceptors (Lipinski definition) is 4. The summed E-state index contributed by atoms with van der Waals surface area (Å²) >= 11 is 0. The van der Waals surface area contributed by atoms with Crippen LogP contribution in [0.25, 0.3) is 0 Å². The minimum absolute atomic E-state index is 0.0717. The number of nitrogens with one attached hydrogen (secondary N) is 1. The van der Waals surface area contributed by atoms with Gasteiger partial charge in [0.15, 0.2) is 0 Å². The van der Waals surface area contributed by atoms with Gasteiger partial charge in [0, 0.05) is 19.5 Å². The second kappa shape index (κ2) is 7.62. The van der Waals surface area contributed by atoms with Crippen LogP contribution in [0.1, 0.15) is 64.7 Å². The molecule has 4 fully saturated rings. The van der Waals surface area contributed by atoms with E-state index in [0.717, 1.165) is 30.7 Å². The van der Waals surface area contributed by atoms with Crippen LogP contribution in [0.5, 0.6) is 0 Å². The first kappa shape index (κ1) is 18.6. The van der Waals surface area contributed by atoms with Crippen molar-refractivity contribution < 1.29 is 14.7 Å². The van der Waals surface area contributed by atoms with Gasteiger partial charge in [-0.3, -0.25) is 14.6 Å². The Kier molecular flexibility index (Phi) is 5.68. The lowest BCUT2D eigenvalue weighted by Crippen LogP contribution is -2.52. The molecule has 4 rings (SSSR count). The molecule has 0 spiro atoms. The maximum Gasteiger partial charge on any atom is 0.303 e. The van der Waals surface area contributed by atoms with Crippen LogP contribution in [0.4, 0.5) is 0 Å². The highest BCUT2D eigenvalue weighted by molar-refractivity contribution is 5.81. The number of carboxylic acids is 1. The van der Waals surface area contributed by atoms with Gasteiger partial charge in [-0.05, 0) is 81.5 Å². The molecule has 0 aromatic heterocycles. The van der Waals surface area contributed by atoms with Crippen molar-refractivity contribution in [2.45, 2.75) is 70.8 Å². The summed E-state index contributed by atoms with van der Waals surface area (Å²) in [4.78, 5) is 23.0. The number of likely N-dealkylation sites (N-methyl/N-ethyl adjacent to an activating group) is 1. The molecule has 4 aliphatic carbocycles. The predicted octanol–water partition coefficient (Wildman–Crippen LogP) is 2.14. The number of carboxylic acid groups (broad SMARTS) is 1. The maximum absolute atomic E-state index is 12.4. The van der Waals surface area contributed by atoms with Crippen molar-refractivity contribution in [1.82, 2.24) is 10.4 Å². The molecule has 1 amide bonds. The molecule has 0 saturated heterocycles. The van der Waals surface area contributed by atoms with Gasteiger partial charge in [0.1, 0.15) is 0 Å². The van der Waals surface area contributed by atoms with Crippen LogP contribution in [-0.4, -0.2) is 41.1 Å². The van der Waals surface area contributed by atoms with Crippen LogP contribution in [0.3, 0.4) is 0 Å². The van der Waals surface area contributed by atoms with Gasteiger partial charge < -0.3 is 10.8 Å². The lowest BCUT2D eigenvalue weighted by molar-refractivity contribution is -0.138. The summed E-state index contributed by atoms with van der Waals surface area (Å²) in [5.74, 6) is 1.72. The fraction of sp³-hybridized carbons (Fsp3) is 0.895. The fourth-order valence-electron chi connectivity index (χ4n) is 6.00. The first-order chi connectivity index (χ1) is 11.9. The van der Waals surface area contributed by atoms with E-state index in [1.54, 1.807) is 5.01 Å². The molecule has 1 atom stereocenters. The molecule has 0 aromatic rings. The van der Waals surface area contributed by atoms with Crippen molar-refractivity contribution >= 4 is 11.9 Å². The number of aliphatic carboxylic acids is 1. The van der Waals surface area contributed by atoms with Crippen molar-refractivity contribution in [3.63, 3.8) is 0 Å². The summed E-state index contributed by atoms with van der Waals surface area (Å²) < 4.78 is 0. The number of carbonyl (C=O) groups is 2. The van der Waals surface area contributed by atoms with E-state index in [4.69, 9.17) is 10.8 Å². The molecule has 4 bridgehead atoms. The fourth-order valence-corrected chi connectivity index (χ4v) is 6.00. The van der Waals surface area contributed by atoms with E-state index in [1.807, 2.05) is 6.92 Å². The number of amides is 1. The Labute approximate surface area is 150 Å². The van der Waals surface area contributed by atoms with Crippen molar-refractivity contribution in [3.05, 3.63) is 0 Å². The average molecular weight is 351 g/mol. The highest BCUT2D eigenvalue weighted by Gasteiger charge is 2.50. The van der Waals surface area contributed by atoms with Crippen molar-refractivity contribution in [2.24, 2.45) is 28.9 Å². The lowest BCUT2D eigenvalue weighted by atomic mass is 9.49. The number of hydrazine groups is 1. The monoisotopic (exact) mass is 351 g/mol. The standard InChI is InChI=1S/C19H33N3O3/c1-2-22(18(25)16(20)3-4-17(23)24)21-6-5-19-10-13-7-14(11-19)9-15(8-13)12-19/h13-16,21H,2-12,20H2,1H3,(H,23,24)/t13?,14?,15?,16-,19?/m0/s1. The largest absolute Gasteiger partial charge is 0.481 e. The maximum atomic E-state index is 12.4.